The molecule has 1 amide bonds. The molecule has 98 valence electrons. The molecule has 1 aliphatic rings. The van der Waals surface area contributed by atoms with Gasteiger partial charge in [-0.2, -0.15) is 0 Å². The summed E-state index contributed by atoms with van der Waals surface area (Å²) in [6.07, 6.45) is 0.667. The monoisotopic (exact) mass is 288 g/mol. The van der Waals surface area contributed by atoms with Crippen LogP contribution in [-0.4, -0.2) is 30.2 Å². The molecule has 2 N–H and O–H groups in total. The number of anilines is 2. The maximum atomic E-state index is 12.2. The van der Waals surface area contributed by atoms with Crippen molar-refractivity contribution in [3.05, 3.63) is 22.2 Å². The zero-order valence-corrected chi connectivity index (χ0v) is 11.4. The average Bonchev–Trinajstić information content (AvgIpc) is 2.35. The van der Waals surface area contributed by atoms with Gasteiger partial charge < -0.3 is 15.3 Å². The number of hydrogen-bond donors (Lipinski definition) is 2. The van der Waals surface area contributed by atoms with Crippen molar-refractivity contribution < 1.29 is 9.90 Å². The molecule has 1 aliphatic heterocycles. The number of β-amino-alcohol motifs (C(OH)–C–C–N with tert-alkyl or cyclic N) is 1. The first-order valence-electron chi connectivity index (χ1n) is 5.76. The zero-order chi connectivity index (χ0) is 13.3. The quantitative estimate of drug-likeness (QED) is 0.899. The first-order valence-corrected chi connectivity index (χ1v) is 6.52. The number of nitrogens with one attached hydrogen (secondary N) is 1. The van der Waals surface area contributed by atoms with Crippen LogP contribution in [0.25, 0.3) is 0 Å². The van der Waals surface area contributed by atoms with Gasteiger partial charge in [0, 0.05) is 6.54 Å². The zero-order valence-electron chi connectivity index (χ0n) is 9.91. The molecule has 0 saturated carbocycles. The van der Waals surface area contributed by atoms with Crippen LogP contribution in [0.4, 0.5) is 11.4 Å². The first-order chi connectivity index (χ1) is 8.58. The van der Waals surface area contributed by atoms with Crippen molar-refractivity contribution in [3.8, 4) is 0 Å². The van der Waals surface area contributed by atoms with E-state index in [0.717, 1.165) is 5.69 Å². The summed E-state index contributed by atoms with van der Waals surface area (Å²) in [5.41, 5.74) is 1.43. The number of fused-ring (bicyclic) bond motifs is 1. The lowest BCUT2D eigenvalue weighted by Gasteiger charge is -2.35. The normalized spacial score (nSPS) is 18.6. The summed E-state index contributed by atoms with van der Waals surface area (Å²) < 4.78 is 0. The topological polar surface area (TPSA) is 52.6 Å². The van der Waals surface area contributed by atoms with Crippen LogP contribution in [0.5, 0.6) is 0 Å². The minimum atomic E-state index is -0.290. The van der Waals surface area contributed by atoms with Crippen molar-refractivity contribution in [1.82, 2.24) is 0 Å². The second-order valence-electron chi connectivity index (χ2n) is 4.10. The van der Waals surface area contributed by atoms with E-state index in [0.29, 0.717) is 22.2 Å². The van der Waals surface area contributed by atoms with E-state index in [1.807, 2.05) is 6.92 Å². The maximum Gasteiger partial charge on any atom is 0.249 e. The third-order valence-corrected chi connectivity index (χ3v) is 3.68. The van der Waals surface area contributed by atoms with Gasteiger partial charge in [0.1, 0.15) is 6.04 Å². The van der Waals surface area contributed by atoms with E-state index in [2.05, 4.69) is 5.32 Å². The highest BCUT2D eigenvalue weighted by Gasteiger charge is 2.31. The molecule has 1 heterocycles. The van der Waals surface area contributed by atoms with Crippen molar-refractivity contribution in [2.24, 2.45) is 0 Å². The highest BCUT2D eigenvalue weighted by molar-refractivity contribution is 6.42. The van der Waals surface area contributed by atoms with E-state index in [4.69, 9.17) is 28.3 Å². The van der Waals surface area contributed by atoms with Crippen LogP contribution >= 0.6 is 23.2 Å². The molecular weight excluding hydrogens is 275 g/mol. The van der Waals surface area contributed by atoms with Gasteiger partial charge in [0.05, 0.1) is 28.0 Å². The van der Waals surface area contributed by atoms with Crippen LogP contribution < -0.4 is 10.2 Å². The summed E-state index contributed by atoms with van der Waals surface area (Å²) >= 11 is 11.9. The van der Waals surface area contributed by atoms with Gasteiger partial charge in [-0.25, -0.2) is 0 Å². The lowest BCUT2D eigenvalue weighted by atomic mass is 10.1. The fraction of sp³-hybridized carbons (Fsp3) is 0.417. The number of carbonyl (C=O) groups is 1. The number of amides is 1. The molecule has 0 aliphatic carbocycles. The van der Waals surface area contributed by atoms with Crippen LogP contribution in [0.1, 0.15) is 13.3 Å². The molecule has 4 nitrogen and oxygen atoms in total. The number of benzene rings is 1. The summed E-state index contributed by atoms with van der Waals surface area (Å²) in [6.45, 7) is 2.08. The molecule has 0 fully saturated rings. The Bertz CT molecular complexity index is 479. The minimum Gasteiger partial charge on any atom is -0.395 e. The molecule has 1 aromatic rings. The summed E-state index contributed by atoms with van der Waals surface area (Å²) in [5, 5.41) is 13.0. The van der Waals surface area contributed by atoms with Gasteiger partial charge >= 0.3 is 0 Å². The number of carbonyl (C=O) groups excluding carboxylic acids is 1. The van der Waals surface area contributed by atoms with E-state index in [-0.39, 0.29) is 25.1 Å². The van der Waals surface area contributed by atoms with Crippen molar-refractivity contribution in [2.45, 2.75) is 19.4 Å². The minimum absolute atomic E-state index is 0.0579. The number of rotatable bonds is 3. The highest BCUT2D eigenvalue weighted by atomic mass is 35.5. The van der Waals surface area contributed by atoms with E-state index in [1.165, 1.54) is 0 Å². The smallest absolute Gasteiger partial charge is 0.249 e. The fourth-order valence-corrected chi connectivity index (χ4v) is 2.36. The number of aliphatic hydroxyl groups excluding tert-OH is 1. The molecule has 6 heteroatoms. The summed E-state index contributed by atoms with van der Waals surface area (Å²) in [5.74, 6) is -0.0579. The molecule has 0 saturated heterocycles. The van der Waals surface area contributed by atoms with Gasteiger partial charge in [0.15, 0.2) is 0 Å². The second kappa shape index (κ2) is 5.34. The Morgan fingerprint density at radius 3 is 2.67 bits per heavy atom. The van der Waals surface area contributed by atoms with Crippen molar-refractivity contribution in [2.75, 3.05) is 23.4 Å². The Hall–Kier alpha value is -0.970. The first kappa shape index (κ1) is 13.5. The van der Waals surface area contributed by atoms with Gasteiger partial charge in [0.25, 0.3) is 0 Å². The SMILES string of the molecule is CCC1Nc2cc(Cl)c(Cl)cc2N(CCO)C1=O. The summed E-state index contributed by atoms with van der Waals surface area (Å²) in [6, 6.07) is 3.06. The van der Waals surface area contributed by atoms with E-state index in [1.54, 1.807) is 17.0 Å². The Morgan fingerprint density at radius 2 is 2.06 bits per heavy atom. The van der Waals surface area contributed by atoms with E-state index >= 15 is 0 Å². The largest absolute Gasteiger partial charge is 0.395 e. The molecule has 1 unspecified atom stereocenters. The maximum absolute atomic E-state index is 12.2. The van der Waals surface area contributed by atoms with Crippen molar-refractivity contribution >= 4 is 40.5 Å². The third kappa shape index (κ3) is 2.28. The van der Waals surface area contributed by atoms with Gasteiger partial charge in [-0.15, -0.1) is 0 Å². The molecule has 0 radical (unpaired) electrons. The molecule has 18 heavy (non-hydrogen) atoms. The molecular formula is C12H14Cl2N2O2. The van der Waals surface area contributed by atoms with Gasteiger partial charge in [0.2, 0.25) is 5.91 Å². The third-order valence-electron chi connectivity index (χ3n) is 2.96. The van der Waals surface area contributed by atoms with Crippen molar-refractivity contribution in [1.29, 1.82) is 0 Å². The Labute approximate surface area is 115 Å². The van der Waals surface area contributed by atoms with Gasteiger partial charge in [-0.05, 0) is 18.6 Å². The lowest BCUT2D eigenvalue weighted by Crippen LogP contribution is -2.48. The van der Waals surface area contributed by atoms with Gasteiger partial charge in [-0.1, -0.05) is 30.1 Å². The predicted molar refractivity (Wildman–Crippen MR) is 73.6 cm³/mol. The molecule has 2 rings (SSSR count). The number of nitrogens with zero attached hydrogens (tertiary/aromatic N) is 1. The van der Waals surface area contributed by atoms with E-state index in [9.17, 15) is 4.79 Å². The van der Waals surface area contributed by atoms with E-state index < -0.39 is 0 Å². The van der Waals surface area contributed by atoms with Crippen LogP contribution in [0.15, 0.2) is 12.1 Å². The van der Waals surface area contributed by atoms with Crippen LogP contribution in [0.2, 0.25) is 10.0 Å². The Balaban J connectivity index is 2.48. The van der Waals surface area contributed by atoms with Gasteiger partial charge in [-0.3, -0.25) is 4.79 Å². The molecule has 1 aromatic carbocycles. The average molecular weight is 289 g/mol. The molecule has 0 spiro atoms. The number of hydrogen-bond acceptors (Lipinski definition) is 3. The van der Waals surface area contributed by atoms with Crippen LogP contribution in [0.3, 0.4) is 0 Å². The second-order valence-corrected chi connectivity index (χ2v) is 4.92. The number of aliphatic hydroxyl groups is 1. The summed E-state index contributed by atoms with van der Waals surface area (Å²) in [4.78, 5) is 13.7. The van der Waals surface area contributed by atoms with Crippen LogP contribution in [-0.2, 0) is 4.79 Å². The summed E-state index contributed by atoms with van der Waals surface area (Å²) in [7, 11) is 0. The molecule has 0 aromatic heterocycles. The Kier molecular flexibility index (Phi) is 4.00. The van der Waals surface area contributed by atoms with Crippen molar-refractivity contribution in [3.63, 3.8) is 0 Å². The highest BCUT2D eigenvalue weighted by Crippen LogP contribution is 2.38. The molecule has 0 bridgehead atoms. The molecule has 1 atom stereocenters. The Morgan fingerprint density at radius 1 is 1.39 bits per heavy atom. The predicted octanol–water partition coefficient (Wildman–Crippen LogP) is 2.52. The number of halogens is 2. The van der Waals surface area contributed by atoms with Crippen LogP contribution in [0, 0.1) is 0 Å². The standard InChI is InChI=1S/C12H14Cl2N2O2/c1-2-9-12(18)16(3-4-17)11-6-8(14)7(13)5-10(11)15-9/h5-6,9,15,17H,2-4H2,1H3. The lowest BCUT2D eigenvalue weighted by molar-refractivity contribution is -0.119. The fourth-order valence-electron chi connectivity index (χ4n) is 2.04.